The van der Waals surface area contributed by atoms with Crippen LogP contribution in [0.3, 0.4) is 0 Å². The third-order valence-electron chi connectivity index (χ3n) is 17.5. The highest BCUT2D eigenvalue weighted by Gasteiger charge is 2.41. The third kappa shape index (κ3) is 12.2. The SMILES string of the molecule is CC(O)(C#Cc1cc2c(-c3nc(N)ncc3F)cn(C3COC3)c2cn1)C1CC1.CC1(Cn2cc(-c3nc(N)ncc3F)c3cc(C#CC(C)(O)C4CC4)ncc32)COC1.Cc1nc(C#CC(C)(O)C2CC2)cc2c(-c3nc(N)ncc3F)cn(C3COC3)c12. The van der Waals surface area contributed by atoms with E-state index in [0.29, 0.717) is 80.0 Å². The van der Waals surface area contributed by atoms with Gasteiger partial charge in [0.2, 0.25) is 17.8 Å². The zero-order valence-corrected chi connectivity index (χ0v) is 50.2. The van der Waals surface area contributed by atoms with E-state index in [9.17, 15) is 28.5 Å². The lowest BCUT2D eigenvalue weighted by atomic mass is 9.88. The van der Waals surface area contributed by atoms with Crippen LogP contribution in [-0.4, -0.2) is 130 Å². The van der Waals surface area contributed by atoms with E-state index in [1.807, 2.05) is 42.2 Å². The van der Waals surface area contributed by atoms with Gasteiger partial charge in [-0.05, 0) is 120 Å². The first-order valence-corrected chi connectivity index (χ1v) is 29.9. The molecule has 3 unspecified atom stereocenters. The monoisotopic (exact) mass is 1220 g/mol. The maximum absolute atomic E-state index is 14.6. The second-order valence-electron chi connectivity index (χ2n) is 25.2. The molecular formula is C66H66F3N15O6. The molecule has 9 aromatic rings. The van der Waals surface area contributed by atoms with Crippen LogP contribution in [0.1, 0.15) is 101 Å². The van der Waals surface area contributed by atoms with Gasteiger partial charge in [0.25, 0.3) is 0 Å². The Bertz CT molecular complexity index is 4520. The van der Waals surface area contributed by atoms with Crippen molar-refractivity contribution in [1.82, 2.24) is 58.6 Å². The minimum Gasteiger partial charge on any atom is -0.380 e. The fourth-order valence-corrected chi connectivity index (χ4v) is 11.5. The van der Waals surface area contributed by atoms with Gasteiger partial charge in [0.05, 0.1) is 105 Å². The number of anilines is 3. The number of fused-ring (bicyclic) bond motifs is 3. The van der Waals surface area contributed by atoms with Crippen molar-refractivity contribution in [3.05, 3.63) is 108 Å². The molecule has 0 bridgehead atoms. The van der Waals surface area contributed by atoms with Crippen LogP contribution in [0.25, 0.3) is 66.5 Å². The average Bonchev–Trinajstić information content (AvgIpc) is 1.62. The number of rotatable bonds is 10. The molecule has 3 saturated carbocycles. The normalized spacial score (nSPS) is 18.9. The number of aryl methyl sites for hydroxylation is 1. The number of nitrogens with zero attached hydrogens (tertiary/aromatic N) is 12. The summed E-state index contributed by atoms with van der Waals surface area (Å²) in [5.74, 6) is 16.8. The van der Waals surface area contributed by atoms with Gasteiger partial charge in [-0.15, -0.1) is 0 Å². The third-order valence-corrected chi connectivity index (χ3v) is 17.5. The van der Waals surface area contributed by atoms with Gasteiger partial charge >= 0.3 is 0 Å². The number of hydrogen-bond acceptors (Lipinski definition) is 18. The van der Waals surface area contributed by atoms with Crippen LogP contribution in [0.5, 0.6) is 0 Å². The van der Waals surface area contributed by atoms with E-state index in [2.05, 4.69) is 96.4 Å². The fourth-order valence-electron chi connectivity index (χ4n) is 11.5. The van der Waals surface area contributed by atoms with Crippen LogP contribution in [0.2, 0.25) is 0 Å². The molecule has 12 heterocycles. The summed E-state index contributed by atoms with van der Waals surface area (Å²) in [6, 6.07) is 5.74. The van der Waals surface area contributed by atoms with Crippen LogP contribution >= 0.6 is 0 Å². The summed E-state index contributed by atoms with van der Waals surface area (Å²) in [6.45, 7) is 13.6. The summed E-state index contributed by atoms with van der Waals surface area (Å²) >= 11 is 0. The Hall–Kier alpha value is -9.06. The number of aromatic nitrogens is 12. The van der Waals surface area contributed by atoms with Gasteiger partial charge in [-0.3, -0.25) is 0 Å². The zero-order valence-electron chi connectivity index (χ0n) is 50.2. The minimum absolute atomic E-state index is 0.00355. The van der Waals surface area contributed by atoms with Crippen molar-refractivity contribution in [2.45, 2.75) is 109 Å². The van der Waals surface area contributed by atoms with E-state index < -0.39 is 34.3 Å². The topological polar surface area (TPSA) is 297 Å². The second-order valence-corrected chi connectivity index (χ2v) is 25.2. The Morgan fingerprint density at radius 1 is 0.533 bits per heavy atom. The fraction of sp³-hybridized carbons (Fsp3) is 0.409. The second kappa shape index (κ2) is 23.1. The van der Waals surface area contributed by atoms with Gasteiger partial charge in [0.1, 0.15) is 51.0 Å². The average molecular weight is 1220 g/mol. The molecule has 6 aliphatic rings. The maximum Gasteiger partial charge on any atom is 0.220 e. The molecule has 15 rings (SSSR count). The molecule has 3 saturated heterocycles. The first kappa shape index (κ1) is 59.9. The smallest absolute Gasteiger partial charge is 0.220 e. The molecule has 6 fully saturated rings. The molecule has 0 aromatic carbocycles. The van der Waals surface area contributed by atoms with E-state index in [0.717, 1.165) is 95.5 Å². The number of ether oxygens (including phenoxy) is 3. The lowest BCUT2D eigenvalue weighted by molar-refractivity contribution is -0.109. The van der Waals surface area contributed by atoms with Crippen LogP contribution in [-0.2, 0) is 20.8 Å². The van der Waals surface area contributed by atoms with Crippen molar-refractivity contribution < 1.29 is 42.7 Å². The molecule has 3 atom stereocenters. The minimum atomic E-state index is -1.03. The van der Waals surface area contributed by atoms with Crippen LogP contribution < -0.4 is 17.2 Å². The Balaban J connectivity index is 0.000000124. The van der Waals surface area contributed by atoms with Crippen molar-refractivity contribution in [2.24, 2.45) is 23.2 Å². The summed E-state index contributed by atoms with van der Waals surface area (Å²) < 4.78 is 65.9. The summed E-state index contributed by atoms with van der Waals surface area (Å²) in [6.07, 6.45) is 18.2. The predicted octanol–water partition coefficient (Wildman–Crippen LogP) is 7.67. The Morgan fingerprint density at radius 3 is 1.37 bits per heavy atom. The maximum atomic E-state index is 14.6. The lowest BCUT2D eigenvalue weighted by Gasteiger charge is -2.38. The molecular weight excluding hydrogens is 1160 g/mol. The van der Waals surface area contributed by atoms with Crippen molar-refractivity contribution in [1.29, 1.82) is 0 Å². The summed E-state index contributed by atoms with van der Waals surface area (Å²) in [4.78, 5) is 37.1. The highest BCUT2D eigenvalue weighted by Crippen LogP contribution is 2.43. The van der Waals surface area contributed by atoms with Gasteiger partial charge in [-0.1, -0.05) is 24.7 Å². The van der Waals surface area contributed by atoms with Gasteiger partial charge in [-0.25, -0.2) is 58.0 Å². The first-order chi connectivity index (χ1) is 43.0. The summed E-state index contributed by atoms with van der Waals surface area (Å²) in [5, 5.41) is 33.8. The van der Waals surface area contributed by atoms with Crippen molar-refractivity contribution in [3.8, 4) is 69.3 Å². The van der Waals surface area contributed by atoms with E-state index >= 15 is 0 Å². The highest BCUT2D eigenvalue weighted by molar-refractivity contribution is 5.98. The zero-order chi connectivity index (χ0) is 63.0. The number of aliphatic hydroxyl groups is 3. The van der Waals surface area contributed by atoms with E-state index in [4.69, 9.17) is 31.4 Å². The highest BCUT2D eigenvalue weighted by atomic mass is 19.1. The molecule has 90 heavy (non-hydrogen) atoms. The Morgan fingerprint density at radius 2 is 0.933 bits per heavy atom. The molecule has 24 heteroatoms. The molecule has 462 valence electrons. The largest absolute Gasteiger partial charge is 0.380 e. The van der Waals surface area contributed by atoms with E-state index in [-0.39, 0.29) is 70.2 Å². The molecule has 0 radical (unpaired) electrons. The molecule has 9 N–H and O–H groups in total. The number of nitrogen functional groups attached to an aromatic ring is 3. The predicted molar refractivity (Wildman–Crippen MR) is 329 cm³/mol. The van der Waals surface area contributed by atoms with Crippen LogP contribution in [0.4, 0.5) is 31.0 Å². The number of pyridine rings is 3. The van der Waals surface area contributed by atoms with Crippen LogP contribution in [0, 0.1) is 83.1 Å². The number of hydrogen-bond donors (Lipinski definition) is 6. The van der Waals surface area contributed by atoms with Gasteiger partial charge in [0.15, 0.2) is 17.5 Å². The van der Waals surface area contributed by atoms with Gasteiger partial charge < -0.3 is 60.4 Å². The Labute approximate surface area is 515 Å². The Kier molecular flexibility index (Phi) is 15.4. The van der Waals surface area contributed by atoms with Gasteiger partial charge in [0, 0.05) is 63.4 Å². The molecule has 9 aromatic heterocycles. The first-order valence-electron chi connectivity index (χ1n) is 29.9. The standard InChI is InChI=1S/C23H24FN5O2.C22H22FN5O2.C21H20FN5O2/c1-22(12-31-13-22)11-29-10-17(20-18(24)8-27-21(25)28-20)16-7-15(26-9-19(16)29)5-6-23(2,30)14-3-4-14;1-12-20-16(7-14(26-12)5-6-22(2,29)13-3-4-13)17(9-28(20)15-10-30-11-15)19-18(23)8-25-21(24)27-19;1-21(28,12-2-3-12)5-4-13-6-15-16(19-17(22)7-25-20(23)26-19)9-27(14-10-29-11-14)18(15)8-24-13/h7-10,14,30H,3-4,11-13H2,1-2H3,(H2,25,27,28);7-9,13,15,29H,3-4,10-11H2,1-2H3,(H2,24,25,27);6-9,12,14,28H,2-3,10-11H2,1H3,(H2,23,25,26). The lowest BCUT2D eigenvalue weighted by Crippen LogP contribution is -2.43. The van der Waals surface area contributed by atoms with E-state index in [1.165, 1.54) is 0 Å². The van der Waals surface area contributed by atoms with Crippen molar-refractivity contribution >= 4 is 50.6 Å². The molecule has 0 amide bonds. The van der Waals surface area contributed by atoms with Crippen molar-refractivity contribution in [3.63, 3.8) is 0 Å². The molecule has 3 aliphatic heterocycles. The quantitative estimate of drug-likeness (QED) is 0.0716. The summed E-state index contributed by atoms with van der Waals surface area (Å²) in [7, 11) is 0. The number of nitrogens with two attached hydrogens (primary N) is 3. The molecule has 21 nitrogen and oxygen atoms in total. The van der Waals surface area contributed by atoms with E-state index in [1.54, 1.807) is 39.2 Å². The van der Waals surface area contributed by atoms with Gasteiger partial charge in [-0.2, -0.15) is 0 Å². The summed E-state index contributed by atoms with van der Waals surface area (Å²) in [5.41, 5.74) is 21.2. The molecule has 3 aliphatic carbocycles. The van der Waals surface area contributed by atoms with Crippen LogP contribution in [0.15, 0.2) is 67.8 Å². The number of halogens is 3. The molecule has 0 spiro atoms. The van der Waals surface area contributed by atoms with Crippen molar-refractivity contribution in [2.75, 3.05) is 56.8 Å².